The van der Waals surface area contributed by atoms with Gasteiger partial charge in [0.15, 0.2) is 11.5 Å². The van der Waals surface area contributed by atoms with Gasteiger partial charge in [0.05, 0.1) is 32.7 Å². The maximum atomic E-state index is 12.9. The van der Waals surface area contributed by atoms with Gasteiger partial charge >= 0.3 is 0 Å². The second-order valence-corrected chi connectivity index (χ2v) is 8.66. The Hall–Kier alpha value is -3.39. The van der Waals surface area contributed by atoms with E-state index in [-0.39, 0.29) is 5.91 Å². The highest BCUT2D eigenvalue weighted by Crippen LogP contribution is 2.39. The van der Waals surface area contributed by atoms with Crippen molar-refractivity contribution in [2.24, 2.45) is 0 Å². The minimum Gasteiger partial charge on any atom is -0.493 e. The number of benzene rings is 2. The number of rotatable bonds is 7. The summed E-state index contributed by atoms with van der Waals surface area (Å²) in [6, 6.07) is 9.69. The van der Waals surface area contributed by atoms with Gasteiger partial charge in [-0.05, 0) is 54.8 Å². The van der Waals surface area contributed by atoms with E-state index in [9.17, 15) is 4.79 Å². The molecule has 0 aliphatic carbocycles. The molecule has 2 heterocycles. The Morgan fingerprint density at radius 2 is 1.82 bits per heavy atom. The van der Waals surface area contributed by atoms with Crippen LogP contribution in [-0.2, 0) is 16.3 Å². The molecule has 1 aliphatic rings. The van der Waals surface area contributed by atoms with E-state index < -0.39 is 0 Å². The molecule has 4 rings (SSSR count). The van der Waals surface area contributed by atoms with Gasteiger partial charge in [-0.2, -0.15) is 16.9 Å². The van der Waals surface area contributed by atoms with E-state index in [4.69, 9.17) is 19.3 Å². The van der Waals surface area contributed by atoms with Crippen LogP contribution < -0.4 is 19.5 Å². The first kappa shape index (κ1) is 22.8. The van der Waals surface area contributed by atoms with Crippen LogP contribution in [0.4, 0.5) is 5.82 Å². The molecule has 0 spiro atoms. The summed E-state index contributed by atoms with van der Waals surface area (Å²) < 4.78 is 18.0. The lowest BCUT2D eigenvalue weighted by molar-refractivity contribution is -0.111. The van der Waals surface area contributed by atoms with Crippen LogP contribution in [0.3, 0.4) is 0 Å². The van der Waals surface area contributed by atoms with Crippen LogP contribution in [0.15, 0.2) is 36.4 Å². The SMILES string of the molecule is COc1cc(/C=C\C(=O)Nc2c3c(nn2-c2cccc(C)c2C)CSC3)cc(OC)c1OC. The number of methoxy groups -OCH3 is 3. The highest BCUT2D eigenvalue weighted by Gasteiger charge is 2.25. The number of hydrogen-bond donors (Lipinski definition) is 1. The zero-order valence-corrected chi connectivity index (χ0v) is 20.2. The molecule has 7 nitrogen and oxygen atoms in total. The quantitative estimate of drug-likeness (QED) is 0.500. The first-order chi connectivity index (χ1) is 16.0. The van der Waals surface area contributed by atoms with Crippen LogP contribution in [0.25, 0.3) is 11.8 Å². The summed E-state index contributed by atoms with van der Waals surface area (Å²) in [5.41, 5.74) is 6.13. The lowest BCUT2D eigenvalue weighted by Gasteiger charge is -2.14. The highest BCUT2D eigenvalue weighted by atomic mass is 32.2. The first-order valence-electron chi connectivity index (χ1n) is 10.5. The Morgan fingerprint density at radius 1 is 1.09 bits per heavy atom. The van der Waals surface area contributed by atoms with Crippen LogP contribution in [0.2, 0.25) is 0 Å². The molecule has 172 valence electrons. The summed E-state index contributed by atoms with van der Waals surface area (Å²) >= 11 is 1.80. The van der Waals surface area contributed by atoms with E-state index >= 15 is 0 Å². The van der Waals surface area contributed by atoms with E-state index in [2.05, 4.69) is 25.2 Å². The van der Waals surface area contributed by atoms with Gasteiger partial charge in [-0.15, -0.1) is 0 Å². The van der Waals surface area contributed by atoms with Crippen molar-refractivity contribution in [2.45, 2.75) is 25.4 Å². The zero-order valence-electron chi connectivity index (χ0n) is 19.4. The summed E-state index contributed by atoms with van der Waals surface area (Å²) in [6.45, 7) is 4.15. The van der Waals surface area contributed by atoms with E-state index in [1.54, 1.807) is 51.3 Å². The summed E-state index contributed by atoms with van der Waals surface area (Å²) in [5.74, 6) is 3.72. The Kier molecular flexibility index (Phi) is 6.65. The number of aromatic nitrogens is 2. The third-order valence-corrected chi connectivity index (χ3v) is 6.68. The van der Waals surface area contributed by atoms with Gasteiger partial charge in [0, 0.05) is 23.1 Å². The predicted octanol–water partition coefficient (Wildman–Crippen LogP) is 4.91. The third-order valence-electron chi connectivity index (χ3n) is 5.71. The minimum absolute atomic E-state index is 0.241. The maximum Gasteiger partial charge on any atom is 0.249 e. The van der Waals surface area contributed by atoms with Gasteiger partial charge in [-0.25, -0.2) is 4.68 Å². The van der Waals surface area contributed by atoms with E-state index in [0.29, 0.717) is 17.2 Å². The Bertz CT molecular complexity index is 1210. The molecule has 8 heteroatoms. The number of amides is 1. The lowest BCUT2D eigenvalue weighted by atomic mass is 10.1. The average molecular weight is 466 g/mol. The molecular formula is C25H27N3O4S. The number of thioether (sulfide) groups is 1. The fraction of sp³-hybridized carbons (Fsp3) is 0.280. The number of aryl methyl sites for hydroxylation is 1. The van der Waals surface area contributed by atoms with Crippen molar-refractivity contribution in [1.29, 1.82) is 0 Å². The summed E-state index contributed by atoms with van der Waals surface area (Å²) in [4.78, 5) is 12.9. The molecule has 1 aromatic heterocycles. The van der Waals surface area contributed by atoms with Crippen LogP contribution in [0, 0.1) is 13.8 Å². The second-order valence-electron chi connectivity index (χ2n) is 7.68. The molecule has 0 radical (unpaired) electrons. The zero-order chi connectivity index (χ0) is 23.5. The van der Waals surface area contributed by atoms with Gasteiger partial charge in [0.1, 0.15) is 5.82 Å². The molecule has 3 aromatic rings. The lowest BCUT2D eigenvalue weighted by Crippen LogP contribution is -2.14. The van der Waals surface area contributed by atoms with Crippen LogP contribution in [-0.4, -0.2) is 37.0 Å². The van der Waals surface area contributed by atoms with E-state index in [1.807, 2.05) is 16.8 Å². The second kappa shape index (κ2) is 9.62. The molecular weight excluding hydrogens is 438 g/mol. The molecule has 0 unspecified atom stereocenters. The monoisotopic (exact) mass is 465 g/mol. The molecule has 0 saturated heterocycles. The predicted molar refractivity (Wildman–Crippen MR) is 132 cm³/mol. The van der Waals surface area contributed by atoms with Crippen LogP contribution in [0.1, 0.15) is 27.9 Å². The van der Waals surface area contributed by atoms with Gasteiger partial charge in [0.2, 0.25) is 11.7 Å². The van der Waals surface area contributed by atoms with Crippen molar-refractivity contribution in [3.8, 4) is 22.9 Å². The van der Waals surface area contributed by atoms with Gasteiger partial charge < -0.3 is 19.5 Å². The number of hydrogen-bond acceptors (Lipinski definition) is 6. The fourth-order valence-electron chi connectivity index (χ4n) is 3.81. The number of anilines is 1. The molecule has 33 heavy (non-hydrogen) atoms. The first-order valence-corrected chi connectivity index (χ1v) is 11.7. The number of carbonyl (C=O) groups excluding carboxylic acids is 1. The average Bonchev–Trinajstić information content (AvgIpc) is 3.41. The molecule has 0 fully saturated rings. The molecule has 0 saturated carbocycles. The standard InChI is InChI=1S/C25H27N3O4S/c1-15-7-6-8-20(16(15)2)28-25(18-13-33-14-19(18)27-28)26-23(29)10-9-17-11-21(30-3)24(32-5)22(12-17)31-4/h6-12H,13-14H2,1-5H3,(H,26,29)/b10-9-. The summed E-state index contributed by atoms with van der Waals surface area (Å²) in [7, 11) is 4.67. The fourth-order valence-corrected chi connectivity index (χ4v) is 4.84. The van der Waals surface area contributed by atoms with Gasteiger partial charge in [-0.1, -0.05) is 12.1 Å². The maximum absolute atomic E-state index is 12.9. The number of nitrogens with zero attached hydrogens (tertiary/aromatic N) is 2. The van der Waals surface area contributed by atoms with E-state index in [0.717, 1.165) is 45.4 Å². The third kappa shape index (κ3) is 4.43. The summed E-state index contributed by atoms with van der Waals surface area (Å²) in [6.07, 6.45) is 3.21. The normalized spacial score (nSPS) is 12.6. The molecule has 1 amide bonds. The Labute approximate surface area is 197 Å². The van der Waals surface area contributed by atoms with E-state index in [1.165, 1.54) is 11.6 Å². The molecule has 1 N–H and O–H groups in total. The van der Waals surface area contributed by atoms with Crippen LogP contribution in [0.5, 0.6) is 17.2 Å². The Morgan fingerprint density at radius 3 is 2.48 bits per heavy atom. The number of carbonyl (C=O) groups is 1. The minimum atomic E-state index is -0.241. The van der Waals surface area contributed by atoms with Crippen molar-refractivity contribution in [2.75, 3.05) is 26.6 Å². The molecule has 2 aromatic carbocycles. The number of nitrogens with one attached hydrogen (secondary N) is 1. The van der Waals surface area contributed by atoms with Crippen molar-refractivity contribution in [3.05, 3.63) is 64.4 Å². The summed E-state index contributed by atoms with van der Waals surface area (Å²) in [5, 5.41) is 7.87. The van der Waals surface area contributed by atoms with Gasteiger partial charge in [-0.3, -0.25) is 4.79 Å². The smallest absolute Gasteiger partial charge is 0.249 e. The highest BCUT2D eigenvalue weighted by molar-refractivity contribution is 7.98. The number of fused-ring (bicyclic) bond motifs is 1. The molecule has 1 aliphatic heterocycles. The molecule has 0 atom stereocenters. The Balaban J connectivity index is 1.64. The largest absolute Gasteiger partial charge is 0.493 e. The van der Waals surface area contributed by atoms with Crippen molar-refractivity contribution >= 4 is 29.6 Å². The van der Waals surface area contributed by atoms with Crippen molar-refractivity contribution in [3.63, 3.8) is 0 Å². The van der Waals surface area contributed by atoms with Crippen LogP contribution >= 0.6 is 11.8 Å². The topological polar surface area (TPSA) is 74.6 Å². The van der Waals surface area contributed by atoms with Gasteiger partial charge in [0.25, 0.3) is 0 Å². The molecule has 0 bridgehead atoms. The van der Waals surface area contributed by atoms with Crippen molar-refractivity contribution in [1.82, 2.24) is 9.78 Å². The van der Waals surface area contributed by atoms with Crippen molar-refractivity contribution < 1.29 is 19.0 Å². The number of ether oxygens (including phenoxy) is 3.